The number of hydrogen-bond acceptors (Lipinski definition) is 5. The van der Waals surface area contributed by atoms with E-state index in [4.69, 9.17) is 4.74 Å². The Morgan fingerprint density at radius 2 is 2.05 bits per heavy atom. The van der Waals surface area contributed by atoms with E-state index in [1.807, 2.05) is 18.2 Å². The van der Waals surface area contributed by atoms with Gasteiger partial charge in [0.1, 0.15) is 6.10 Å². The lowest BCUT2D eigenvalue weighted by Crippen LogP contribution is -2.38. The van der Waals surface area contributed by atoms with Crippen LogP contribution in [0.5, 0.6) is 0 Å². The minimum Gasteiger partial charge on any atom is -0.369 e. The zero-order valence-electron chi connectivity index (χ0n) is 12.4. The van der Waals surface area contributed by atoms with E-state index >= 15 is 0 Å². The van der Waals surface area contributed by atoms with Gasteiger partial charge >= 0.3 is 0 Å². The zero-order valence-corrected chi connectivity index (χ0v) is 14.1. The summed E-state index contributed by atoms with van der Waals surface area (Å²) in [5, 5.41) is 2.06. The van der Waals surface area contributed by atoms with Gasteiger partial charge in [-0.3, -0.25) is 0 Å². The molecule has 2 aromatic rings. The van der Waals surface area contributed by atoms with Gasteiger partial charge in [-0.05, 0) is 35.7 Å². The van der Waals surface area contributed by atoms with Crippen molar-refractivity contribution in [2.75, 3.05) is 30.3 Å². The normalized spacial score (nSPS) is 19.3. The third kappa shape index (κ3) is 3.19. The van der Waals surface area contributed by atoms with Crippen molar-refractivity contribution < 1.29 is 13.2 Å². The van der Waals surface area contributed by atoms with E-state index in [-0.39, 0.29) is 11.9 Å². The van der Waals surface area contributed by atoms with Gasteiger partial charge in [0.15, 0.2) is 9.84 Å². The lowest BCUT2D eigenvalue weighted by molar-refractivity contribution is 0.0421. The van der Waals surface area contributed by atoms with E-state index < -0.39 is 9.84 Å². The molecule has 0 aliphatic carbocycles. The highest BCUT2D eigenvalue weighted by molar-refractivity contribution is 7.91. The first kappa shape index (κ1) is 15.5. The second-order valence-electron chi connectivity index (χ2n) is 5.22. The predicted octanol–water partition coefficient (Wildman–Crippen LogP) is 3.12. The number of nitrogens with zero attached hydrogens (tertiary/aromatic N) is 1. The van der Waals surface area contributed by atoms with Crippen molar-refractivity contribution in [3.8, 4) is 0 Å². The Morgan fingerprint density at radius 3 is 2.68 bits per heavy atom. The predicted molar refractivity (Wildman–Crippen MR) is 89.4 cm³/mol. The van der Waals surface area contributed by atoms with Gasteiger partial charge in [0.25, 0.3) is 0 Å². The van der Waals surface area contributed by atoms with Gasteiger partial charge in [0.05, 0.1) is 17.3 Å². The molecule has 1 atom stereocenters. The maximum Gasteiger partial charge on any atom is 0.178 e. The highest BCUT2D eigenvalue weighted by atomic mass is 32.2. The summed E-state index contributed by atoms with van der Waals surface area (Å²) in [5.41, 5.74) is 1.04. The molecule has 1 saturated heterocycles. The molecule has 1 aromatic carbocycles. The van der Waals surface area contributed by atoms with Gasteiger partial charge in [-0.15, -0.1) is 11.3 Å². The smallest absolute Gasteiger partial charge is 0.178 e. The number of hydrogen-bond donors (Lipinski definition) is 0. The van der Waals surface area contributed by atoms with E-state index in [1.165, 1.54) is 4.88 Å². The van der Waals surface area contributed by atoms with Crippen LogP contribution in [-0.4, -0.2) is 33.9 Å². The Kier molecular flexibility index (Phi) is 4.52. The highest BCUT2D eigenvalue weighted by Crippen LogP contribution is 2.29. The van der Waals surface area contributed by atoms with Crippen LogP contribution in [0.2, 0.25) is 0 Å². The molecule has 2 heterocycles. The first-order valence-corrected chi connectivity index (χ1v) is 9.86. The van der Waals surface area contributed by atoms with Gasteiger partial charge in [0, 0.05) is 23.7 Å². The monoisotopic (exact) mass is 337 g/mol. The van der Waals surface area contributed by atoms with Gasteiger partial charge in [-0.1, -0.05) is 13.0 Å². The van der Waals surface area contributed by atoms with Crippen molar-refractivity contribution >= 4 is 26.9 Å². The summed E-state index contributed by atoms with van der Waals surface area (Å²) in [5.74, 6) is 0.129. The fourth-order valence-electron chi connectivity index (χ4n) is 2.56. The number of ether oxygens (including phenoxy) is 1. The minimum atomic E-state index is -3.13. The zero-order chi connectivity index (χ0) is 15.6. The molecule has 3 rings (SSSR count). The van der Waals surface area contributed by atoms with Crippen LogP contribution in [0, 0.1) is 0 Å². The Hall–Kier alpha value is -1.37. The molecule has 1 aliphatic heterocycles. The Bertz CT molecular complexity index is 708. The van der Waals surface area contributed by atoms with Crippen LogP contribution in [0.15, 0.2) is 46.7 Å². The summed E-state index contributed by atoms with van der Waals surface area (Å²) in [6, 6.07) is 11.3. The number of sulfone groups is 1. The van der Waals surface area contributed by atoms with Crippen molar-refractivity contribution in [2.24, 2.45) is 0 Å². The van der Waals surface area contributed by atoms with Crippen molar-refractivity contribution in [3.05, 3.63) is 46.7 Å². The van der Waals surface area contributed by atoms with Gasteiger partial charge in [-0.25, -0.2) is 8.42 Å². The fourth-order valence-corrected chi connectivity index (χ4v) is 4.21. The van der Waals surface area contributed by atoms with Crippen LogP contribution in [-0.2, 0) is 14.6 Å². The lowest BCUT2D eigenvalue weighted by Gasteiger charge is -2.34. The summed E-state index contributed by atoms with van der Waals surface area (Å²) in [6.07, 6.45) is 0.0906. The maximum absolute atomic E-state index is 11.9. The lowest BCUT2D eigenvalue weighted by atomic mass is 10.2. The molecule has 0 saturated carbocycles. The summed E-state index contributed by atoms with van der Waals surface area (Å²) in [6.45, 7) is 3.95. The maximum atomic E-state index is 11.9. The molecule has 4 nitrogen and oxygen atoms in total. The molecule has 6 heteroatoms. The van der Waals surface area contributed by atoms with Crippen LogP contribution in [0.4, 0.5) is 5.69 Å². The number of benzene rings is 1. The molecular formula is C16H19NO3S2. The van der Waals surface area contributed by atoms with Crippen LogP contribution in [0.25, 0.3) is 0 Å². The van der Waals surface area contributed by atoms with Crippen LogP contribution in [0.1, 0.15) is 17.9 Å². The molecule has 0 amide bonds. The number of rotatable bonds is 4. The number of morpholine rings is 1. The molecule has 1 fully saturated rings. The van der Waals surface area contributed by atoms with Crippen LogP contribution >= 0.6 is 11.3 Å². The van der Waals surface area contributed by atoms with E-state index in [0.29, 0.717) is 11.5 Å². The first-order valence-electron chi connectivity index (χ1n) is 7.33. The average Bonchev–Trinajstić information content (AvgIpc) is 3.10. The summed E-state index contributed by atoms with van der Waals surface area (Å²) in [7, 11) is -3.13. The van der Waals surface area contributed by atoms with Gasteiger partial charge < -0.3 is 9.64 Å². The minimum absolute atomic E-state index is 0.0906. The Balaban J connectivity index is 1.76. The number of anilines is 1. The third-order valence-electron chi connectivity index (χ3n) is 3.87. The van der Waals surface area contributed by atoms with E-state index in [0.717, 1.165) is 18.8 Å². The summed E-state index contributed by atoms with van der Waals surface area (Å²) >= 11 is 1.70. The number of thiophene rings is 1. The Morgan fingerprint density at radius 1 is 1.27 bits per heavy atom. The SMILES string of the molecule is CCS(=O)(=O)c1ccc(N2CCOC(c3cccs3)C2)cc1. The van der Waals surface area contributed by atoms with E-state index in [9.17, 15) is 8.42 Å². The largest absolute Gasteiger partial charge is 0.369 e. The van der Waals surface area contributed by atoms with E-state index in [2.05, 4.69) is 16.3 Å². The molecular weight excluding hydrogens is 318 g/mol. The summed E-state index contributed by atoms with van der Waals surface area (Å²) < 4.78 is 29.6. The second-order valence-corrected chi connectivity index (χ2v) is 8.48. The second kappa shape index (κ2) is 6.40. The fraction of sp³-hybridized carbons (Fsp3) is 0.375. The van der Waals surface area contributed by atoms with Crippen molar-refractivity contribution in [1.29, 1.82) is 0 Å². The van der Waals surface area contributed by atoms with Crippen molar-refractivity contribution in [3.63, 3.8) is 0 Å². The molecule has 1 unspecified atom stereocenters. The van der Waals surface area contributed by atoms with E-state index in [1.54, 1.807) is 30.4 Å². The molecule has 22 heavy (non-hydrogen) atoms. The molecule has 1 aromatic heterocycles. The Labute approximate surface area is 135 Å². The van der Waals surface area contributed by atoms with Crippen molar-refractivity contribution in [2.45, 2.75) is 17.9 Å². The average molecular weight is 337 g/mol. The molecule has 0 spiro atoms. The quantitative estimate of drug-likeness (QED) is 0.860. The first-order chi connectivity index (χ1) is 10.6. The van der Waals surface area contributed by atoms with Crippen LogP contribution < -0.4 is 4.90 Å². The molecule has 0 radical (unpaired) electrons. The van der Waals surface area contributed by atoms with Crippen molar-refractivity contribution in [1.82, 2.24) is 0 Å². The third-order valence-corrected chi connectivity index (χ3v) is 6.58. The molecule has 1 aliphatic rings. The summed E-state index contributed by atoms with van der Waals surface area (Å²) in [4.78, 5) is 3.87. The topological polar surface area (TPSA) is 46.6 Å². The highest BCUT2D eigenvalue weighted by Gasteiger charge is 2.23. The molecule has 0 bridgehead atoms. The molecule has 0 N–H and O–H groups in total. The standard InChI is InChI=1S/C16H19NO3S2/c1-2-22(18,19)14-7-5-13(6-8-14)17-9-10-20-15(12-17)16-4-3-11-21-16/h3-8,11,15H,2,9-10,12H2,1H3. The van der Waals surface area contributed by atoms with Gasteiger partial charge in [0.2, 0.25) is 0 Å². The van der Waals surface area contributed by atoms with Crippen LogP contribution in [0.3, 0.4) is 0 Å². The van der Waals surface area contributed by atoms with Gasteiger partial charge in [-0.2, -0.15) is 0 Å². The molecule has 118 valence electrons.